The monoisotopic (exact) mass is 344 g/mol. The Bertz CT molecular complexity index is 720. The van der Waals surface area contributed by atoms with Gasteiger partial charge in [-0.2, -0.15) is 5.10 Å². The second-order valence-corrected chi connectivity index (χ2v) is 5.81. The highest BCUT2D eigenvalue weighted by molar-refractivity contribution is 5.89. The van der Waals surface area contributed by atoms with Gasteiger partial charge in [0.15, 0.2) is 5.82 Å². The van der Waals surface area contributed by atoms with E-state index < -0.39 is 5.82 Å². The van der Waals surface area contributed by atoms with E-state index in [1.807, 2.05) is 6.07 Å². The van der Waals surface area contributed by atoms with Gasteiger partial charge in [0.05, 0.1) is 11.9 Å². The van der Waals surface area contributed by atoms with Crippen LogP contribution in [0.25, 0.3) is 0 Å². The molecular weight excluding hydrogens is 323 g/mol. The van der Waals surface area contributed by atoms with Gasteiger partial charge in [-0.1, -0.05) is 6.07 Å². The van der Waals surface area contributed by atoms with Crippen molar-refractivity contribution in [1.29, 1.82) is 0 Å². The molecule has 0 aliphatic carbocycles. The number of aromatic nitrogens is 2. The number of benzene rings is 1. The van der Waals surface area contributed by atoms with E-state index in [0.29, 0.717) is 24.6 Å². The molecule has 1 aromatic heterocycles. The molecule has 3 N–H and O–H groups in total. The number of urea groups is 1. The van der Waals surface area contributed by atoms with Crippen molar-refractivity contribution in [3.8, 4) is 0 Å². The van der Waals surface area contributed by atoms with Gasteiger partial charge in [-0.3, -0.25) is 0 Å². The summed E-state index contributed by atoms with van der Waals surface area (Å²) in [6, 6.07) is 7.33. The minimum absolute atomic E-state index is 0.385. The number of hydrogen-bond acceptors (Lipinski definition) is 5. The van der Waals surface area contributed by atoms with Crippen LogP contribution in [0.5, 0.6) is 0 Å². The van der Waals surface area contributed by atoms with E-state index in [-0.39, 0.29) is 6.03 Å². The lowest BCUT2D eigenvalue weighted by Gasteiger charge is -2.17. The van der Waals surface area contributed by atoms with Gasteiger partial charge in [-0.25, -0.2) is 9.18 Å². The number of anilines is 3. The standard InChI is InChI=1S/C17H21FN6O/c18-13-4-3-5-14(10-13)22-17(25)20-7-6-19-16-11-15(12-21-23-16)24-8-1-2-9-24/h3-5,10-12H,1-2,6-9H2,(H,19,23)(H2,20,22,25). The quantitative estimate of drug-likeness (QED) is 0.701. The minimum Gasteiger partial charge on any atom is -0.370 e. The zero-order valence-corrected chi connectivity index (χ0v) is 13.8. The van der Waals surface area contributed by atoms with Crippen molar-refractivity contribution < 1.29 is 9.18 Å². The summed E-state index contributed by atoms with van der Waals surface area (Å²) in [4.78, 5) is 14.0. The molecule has 2 aromatic rings. The van der Waals surface area contributed by atoms with Crippen molar-refractivity contribution in [2.24, 2.45) is 0 Å². The lowest BCUT2D eigenvalue weighted by Crippen LogP contribution is -2.32. The van der Waals surface area contributed by atoms with E-state index in [9.17, 15) is 9.18 Å². The third-order valence-electron chi connectivity index (χ3n) is 3.91. The molecule has 0 spiro atoms. The van der Waals surface area contributed by atoms with E-state index in [4.69, 9.17) is 0 Å². The first-order valence-corrected chi connectivity index (χ1v) is 8.33. The molecule has 1 aliphatic heterocycles. The Kier molecular flexibility index (Phi) is 5.61. The molecule has 7 nitrogen and oxygen atoms in total. The molecule has 1 aliphatic rings. The highest BCUT2D eigenvalue weighted by Gasteiger charge is 2.13. The van der Waals surface area contributed by atoms with Crippen molar-refractivity contribution >= 4 is 23.2 Å². The van der Waals surface area contributed by atoms with Crippen LogP contribution in [-0.2, 0) is 0 Å². The van der Waals surface area contributed by atoms with Crippen LogP contribution < -0.4 is 20.9 Å². The molecule has 3 rings (SSSR count). The summed E-state index contributed by atoms with van der Waals surface area (Å²) in [7, 11) is 0. The molecule has 0 saturated carbocycles. The largest absolute Gasteiger partial charge is 0.370 e. The first-order valence-electron chi connectivity index (χ1n) is 8.33. The highest BCUT2D eigenvalue weighted by atomic mass is 19.1. The molecule has 1 fully saturated rings. The number of halogens is 1. The molecule has 25 heavy (non-hydrogen) atoms. The van der Waals surface area contributed by atoms with Crippen LogP contribution in [0.1, 0.15) is 12.8 Å². The Morgan fingerprint density at radius 1 is 1.20 bits per heavy atom. The van der Waals surface area contributed by atoms with Crippen molar-refractivity contribution in [3.05, 3.63) is 42.3 Å². The normalized spacial score (nSPS) is 13.6. The summed E-state index contributed by atoms with van der Waals surface area (Å²) in [5.41, 5.74) is 1.47. The van der Waals surface area contributed by atoms with Crippen LogP contribution in [0.2, 0.25) is 0 Å². The molecule has 132 valence electrons. The van der Waals surface area contributed by atoms with E-state index >= 15 is 0 Å². The highest BCUT2D eigenvalue weighted by Crippen LogP contribution is 2.20. The van der Waals surface area contributed by atoms with Crippen LogP contribution in [-0.4, -0.2) is 42.4 Å². The number of nitrogens with zero attached hydrogens (tertiary/aromatic N) is 3. The SMILES string of the molecule is O=C(NCCNc1cc(N2CCCC2)cnn1)Nc1cccc(F)c1. The second-order valence-electron chi connectivity index (χ2n) is 5.81. The number of carbonyl (C=O) groups is 1. The van der Waals surface area contributed by atoms with Crippen molar-refractivity contribution in [1.82, 2.24) is 15.5 Å². The number of rotatable bonds is 6. The summed E-state index contributed by atoms with van der Waals surface area (Å²) >= 11 is 0. The van der Waals surface area contributed by atoms with E-state index in [1.54, 1.807) is 18.3 Å². The van der Waals surface area contributed by atoms with E-state index in [1.165, 1.54) is 25.0 Å². The summed E-state index contributed by atoms with van der Waals surface area (Å²) in [6.07, 6.45) is 4.17. The zero-order valence-electron chi connectivity index (χ0n) is 13.8. The van der Waals surface area contributed by atoms with Crippen molar-refractivity contribution in [2.45, 2.75) is 12.8 Å². The van der Waals surface area contributed by atoms with Gasteiger partial charge in [-0.15, -0.1) is 5.10 Å². The third-order valence-corrected chi connectivity index (χ3v) is 3.91. The van der Waals surface area contributed by atoms with Crippen molar-refractivity contribution in [2.75, 3.05) is 41.7 Å². The zero-order chi connectivity index (χ0) is 17.5. The molecule has 1 saturated heterocycles. The average molecular weight is 344 g/mol. The Morgan fingerprint density at radius 2 is 2.04 bits per heavy atom. The van der Waals surface area contributed by atoms with Crippen LogP contribution >= 0.6 is 0 Å². The molecule has 2 amide bonds. The molecule has 0 radical (unpaired) electrons. The van der Waals surface area contributed by atoms with Gasteiger partial charge in [-0.05, 0) is 31.0 Å². The predicted octanol–water partition coefficient (Wildman–Crippen LogP) is 2.45. The van der Waals surface area contributed by atoms with E-state index in [2.05, 4.69) is 31.0 Å². The lowest BCUT2D eigenvalue weighted by molar-refractivity contribution is 0.252. The molecular formula is C17H21FN6O. The van der Waals surface area contributed by atoms with Gasteiger partial charge < -0.3 is 20.9 Å². The molecule has 2 heterocycles. The molecule has 0 atom stereocenters. The van der Waals surface area contributed by atoms with Crippen molar-refractivity contribution in [3.63, 3.8) is 0 Å². The fraction of sp³-hybridized carbons (Fsp3) is 0.353. The van der Waals surface area contributed by atoms with Gasteiger partial charge in [0.2, 0.25) is 0 Å². The van der Waals surface area contributed by atoms with Gasteiger partial charge in [0, 0.05) is 37.9 Å². The molecule has 8 heteroatoms. The Balaban J connectivity index is 1.41. The molecule has 0 bridgehead atoms. The maximum atomic E-state index is 13.1. The van der Waals surface area contributed by atoms with Gasteiger partial charge in [0.1, 0.15) is 5.82 Å². The molecule has 0 unspecified atom stereocenters. The smallest absolute Gasteiger partial charge is 0.319 e. The molecule has 1 aromatic carbocycles. The maximum absolute atomic E-state index is 13.1. The summed E-state index contributed by atoms with van der Waals surface area (Å²) < 4.78 is 13.1. The number of amides is 2. The Hall–Kier alpha value is -2.90. The van der Waals surface area contributed by atoms with Gasteiger partial charge in [0.25, 0.3) is 0 Å². The van der Waals surface area contributed by atoms with Crippen LogP contribution in [0.15, 0.2) is 36.5 Å². The fourth-order valence-corrected chi connectivity index (χ4v) is 2.70. The fourth-order valence-electron chi connectivity index (χ4n) is 2.70. The average Bonchev–Trinajstić information content (AvgIpc) is 3.14. The van der Waals surface area contributed by atoms with Crippen LogP contribution in [0, 0.1) is 5.82 Å². The Labute approximate surface area is 145 Å². The number of carbonyl (C=O) groups excluding carboxylic acids is 1. The lowest BCUT2D eigenvalue weighted by atomic mass is 10.3. The number of hydrogen-bond donors (Lipinski definition) is 3. The maximum Gasteiger partial charge on any atom is 0.319 e. The van der Waals surface area contributed by atoms with Crippen LogP contribution in [0.3, 0.4) is 0 Å². The summed E-state index contributed by atoms with van der Waals surface area (Å²) in [5, 5.41) is 16.5. The van der Waals surface area contributed by atoms with E-state index in [0.717, 1.165) is 18.8 Å². The third kappa shape index (κ3) is 5.03. The first kappa shape index (κ1) is 16.9. The summed E-state index contributed by atoms with van der Waals surface area (Å²) in [5.74, 6) is 0.285. The minimum atomic E-state index is -0.393. The summed E-state index contributed by atoms with van der Waals surface area (Å²) in [6.45, 7) is 3.01. The van der Waals surface area contributed by atoms with Crippen LogP contribution in [0.4, 0.5) is 26.4 Å². The number of nitrogens with one attached hydrogen (secondary N) is 3. The first-order chi connectivity index (χ1) is 12.2. The predicted molar refractivity (Wildman–Crippen MR) is 95.4 cm³/mol. The Morgan fingerprint density at radius 3 is 2.84 bits per heavy atom. The topological polar surface area (TPSA) is 82.2 Å². The second kappa shape index (κ2) is 8.27. The van der Waals surface area contributed by atoms with Gasteiger partial charge >= 0.3 is 6.03 Å².